The molecule has 2 unspecified atom stereocenters. The molecule has 3 rings (SSSR count). The van der Waals surface area contributed by atoms with Gasteiger partial charge in [-0.3, -0.25) is 9.69 Å². The van der Waals surface area contributed by atoms with E-state index in [1.807, 2.05) is 18.2 Å². The molecular weight excluding hydrogens is 388 g/mol. The fourth-order valence-electron chi connectivity index (χ4n) is 4.01. The Morgan fingerprint density at radius 1 is 1.24 bits per heavy atom. The maximum atomic E-state index is 11.3. The van der Waals surface area contributed by atoms with E-state index >= 15 is 0 Å². The Morgan fingerprint density at radius 3 is 2.69 bits per heavy atom. The zero-order chi connectivity index (χ0) is 20.8. The standard InChI is InChI=1S/C22H33ClN4O2/c1-4-19(24-17(3)28)7-5-16(2)9-10-26-11-13-27(14-12-26)22-20-8-6-18(23)15-21(20)29-25-22/h6,8,15-16,19H,4-5,7,9-14H2,1-3H3,(H,24,28). The number of piperazine rings is 1. The van der Waals surface area contributed by atoms with E-state index in [-0.39, 0.29) is 5.91 Å². The summed E-state index contributed by atoms with van der Waals surface area (Å²) in [6.07, 6.45) is 4.42. The van der Waals surface area contributed by atoms with Gasteiger partial charge in [0, 0.05) is 50.2 Å². The SMILES string of the molecule is CCC(CCC(C)CCN1CCN(c2noc3cc(Cl)ccc23)CC1)NC(C)=O. The van der Waals surface area contributed by atoms with Gasteiger partial charge in [0.15, 0.2) is 11.4 Å². The Morgan fingerprint density at radius 2 is 2.00 bits per heavy atom. The number of rotatable bonds is 9. The molecule has 1 saturated heterocycles. The maximum absolute atomic E-state index is 11.3. The van der Waals surface area contributed by atoms with Crippen LogP contribution in [0, 0.1) is 5.92 Å². The third kappa shape index (κ3) is 6.09. The zero-order valence-corrected chi connectivity index (χ0v) is 18.5. The predicted molar refractivity (Wildman–Crippen MR) is 119 cm³/mol. The molecule has 29 heavy (non-hydrogen) atoms. The number of aromatic nitrogens is 1. The largest absolute Gasteiger partial charge is 0.354 e. The van der Waals surface area contributed by atoms with Crippen LogP contribution in [0.15, 0.2) is 22.7 Å². The molecule has 1 aromatic carbocycles. The molecule has 0 spiro atoms. The normalized spacial score (nSPS) is 17.4. The van der Waals surface area contributed by atoms with Gasteiger partial charge in [-0.25, -0.2) is 0 Å². The highest BCUT2D eigenvalue weighted by atomic mass is 35.5. The van der Waals surface area contributed by atoms with E-state index in [1.165, 1.54) is 6.42 Å². The summed E-state index contributed by atoms with van der Waals surface area (Å²) in [6.45, 7) is 11.2. The first-order valence-electron chi connectivity index (χ1n) is 10.8. The van der Waals surface area contributed by atoms with E-state index in [4.69, 9.17) is 16.1 Å². The molecule has 0 aliphatic carbocycles. The van der Waals surface area contributed by atoms with Crippen LogP contribution in [0.5, 0.6) is 0 Å². The summed E-state index contributed by atoms with van der Waals surface area (Å²) < 4.78 is 5.45. The third-order valence-corrected chi connectivity index (χ3v) is 6.17. The van der Waals surface area contributed by atoms with E-state index in [1.54, 1.807) is 6.92 Å². The molecule has 1 N–H and O–H groups in total. The second kappa shape index (κ2) is 10.3. The lowest BCUT2D eigenvalue weighted by Gasteiger charge is -2.35. The minimum atomic E-state index is 0.0744. The Bertz CT molecular complexity index is 801. The average molecular weight is 421 g/mol. The van der Waals surface area contributed by atoms with Crippen molar-refractivity contribution in [3.05, 3.63) is 23.2 Å². The minimum absolute atomic E-state index is 0.0744. The van der Waals surface area contributed by atoms with Crippen LogP contribution < -0.4 is 10.2 Å². The number of hydrogen-bond donors (Lipinski definition) is 1. The number of nitrogens with zero attached hydrogens (tertiary/aromatic N) is 3. The van der Waals surface area contributed by atoms with E-state index in [0.717, 1.165) is 68.8 Å². The summed E-state index contributed by atoms with van der Waals surface area (Å²) in [5, 5.41) is 9.02. The van der Waals surface area contributed by atoms with Crippen LogP contribution in [0.3, 0.4) is 0 Å². The van der Waals surface area contributed by atoms with Gasteiger partial charge in [0.05, 0.1) is 5.39 Å². The number of nitrogens with one attached hydrogen (secondary N) is 1. The van der Waals surface area contributed by atoms with Crippen LogP contribution in [0.4, 0.5) is 5.82 Å². The number of hydrogen-bond acceptors (Lipinski definition) is 5. The first-order valence-corrected chi connectivity index (χ1v) is 11.1. The molecule has 2 heterocycles. The monoisotopic (exact) mass is 420 g/mol. The van der Waals surface area contributed by atoms with Crippen molar-refractivity contribution < 1.29 is 9.32 Å². The van der Waals surface area contributed by atoms with Crippen molar-refractivity contribution in [1.29, 1.82) is 0 Å². The number of carbonyl (C=O) groups excluding carboxylic acids is 1. The van der Waals surface area contributed by atoms with Gasteiger partial charge in [-0.2, -0.15) is 0 Å². The van der Waals surface area contributed by atoms with Gasteiger partial charge in [-0.15, -0.1) is 0 Å². The Kier molecular flexibility index (Phi) is 7.78. The lowest BCUT2D eigenvalue weighted by molar-refractivity contribution is -0.119. The van der Waals surface area contributed by atoms with Gasteiger partial charge < -0.3 is 14.7 Å². The maximum Gasteiger partial charge on any atom is 0.217 e. The Labute approximate surface area is 178 Å². The first-order chi connectivity index (χ1) is 14.0. The summed E-state index contributed by atoms with van der Waals surface area (Å²) in [5.74, 6) is 1.67. The summed E-state index contributed by atoms with van der Waals surface area (Å²) in [5.41, 5.74) is 0.744. The molecule has 1 aromatic heterocycles. The van der Waals surface area contributed by atoms with Crippen LogP contribution in [0.25, 0.3) is 11.0 Å². The second-order valence-electron chi connectivity index (χ2n) is 8.25. The number of carbonyl (C=O) groups is 1. The van der Waals surface area contributed by atoms with Crippen molar-refractivity contribution in [2.45, 2.75) is 52.5 Å². The van der Waals surface area contributed by atoms with Gasteiger partial charge in [0.1, 0.15) is 0 Å². The highest BCUT2D eigenvalue weighted by molar-refractivity contribution is 6.31. The molecule has 1 amide bonds. The first kappa shape index (κ1) is 21.9. The smallest absolute Gasteiger partial charge is 0.217 e. The molecule has 7 heteroatoms. The summed E-state index contributed by atoms with van der Waals surface area (Å²) >= 11 is 6.04. The van der Waals surface area contributed by atoms with Crippen LogP contribution in [-0.4, -0.2) is 54.7 Å². The van der Waals surface area contributed by atoms with Crippen molar-refractivity contribution in [3.8, 4) is 0 Å². The second-order valence-corrected chi connectivity index (χ2v) is 8.69. The Balaban J connectivity index is 1.41. The van der Waals surface area contributed by atoms with E-state index in [9.17, 15) is 4.79 Å². The highest BCUT2D eigenvalue weighted by Crippen LogP contribution is 2.29. The molecule has 0 radical (unpaired) electrons. The number of amides is 1. The number of anilines is 1. The lowest BCUT2D eigenvalue weighted by Crippen LogP contribution is -2.47. The van der Waals surface area contributed by atoms with Gasteiger partial charge in [-0.05, 0) is 50.3 Å². The van der Waals surface area contributed by atoms with Crippen molar-refractivity contribution in [2.75, 3.05) is 37.6 Å². The van der Waals surface area contributed by atoms with Crippen molar-refractivity contribution in [2.24, 2.45) is 5.92 Å². The van der Waals surface area contributed by atoms with Gasteiger partial charge in [0.25, 0.3) is 0 Å². The van der Waals surface area contributed by atoms with Crippen LogP contribution in [-0.2, 0) is 4.79 Å². The van der Waals surface area contributed by atoms with Crippen LogP contribution in [0.2, 0.25) is 5.02 Å². The third-order valence-electron chi connectivity index (χ3n) is 5.93. The topological polar surface area (TPSA) is 61.6 Å². The van der Waals surface area contributed by atoms with Crippen molar-refractivity contribution >= 4 is 34.3 Å². The van der Waals surface area contributed by atoms with Gasteiger partial charge >= 0.3 is 0 Å². The van der Waals surface area contributed by atoms with E-state index in [2.05, 4.69) is 34.1 Å². The summed E-state index contributed by atoms with van der Waals surface area (Å²) in [6, 6.07) is 6.00. The molecule has 1 aliphatic rings. The van der Waals surface area contributed by atoms with Crippen LogP contribution in [0.1, 0.15) is 46.5 Å². The fraction of sp³-hybridized carbons (Fsp3) is 0.636. The Hall–Kier alpha value is -1.79. The molecule has 1 aliphatic heterocycles. The molecule has 0 saturated carbocycles. The van der Waals surface area contributed by atoms with Crippen LogP contribution >= 0.6 is 11.6 Å². The number of halogens is 1. The zero-order valence-electron chi connectivity index (χ0n) is 17.8. The summed E-state index contributed by atoms with van der Waals surface area (Å²) in [4.78, 5) is 16.1. The molecule has 6 nitrogen and oxygen atoms in total. The molecule has 2 aromatic rings. The van der Waals surface area contributed by atoms with Gasteiger partial charge in [-0.1, -0.05) is 30.6 Å². The van der Waals surface area contributed by atoms with Crippen molar-refractivity contribution in [3.63, 3.8) is 0 Å². The number of benzene rings is 1. The molecule has 0 bridgehead atoms. The molecule has 1 fully saturated rings. The quantitative estimate of drug-likeness (QED) is 0.654. The average Bonchev–Trinajstić information content (AvgIpc) is 3.12. The predicted octanol–water partition coefficient (Wildman–Crippen LogP) is 4.32. The lowest BCUT2D eigenvalue weighted by atomic mass is 9.97. The molecular formula is C22H33ClN4O2. The molecule has 2 atom stereocenters. The number of fused-ring (bicyclic) bond motifs is 1. The fourth-order valence-corrected chi connectivity index (χ4v) is 4.17. The minimum Gasteiger partial charge on any atom is -0.354 e. The summed E-state index contributed by atoms with van der Waals surface area (Å²) in [7, 11) is 0. The van der Waals surface area contributed by atoms with Gasteiger partial charge in [0.2, 0.25) is 5.91 Å². The van der Waals surface area contributed by atoms with E-state index in [0.29, 0.717) is 17.0 Å². The van der Waals surface area contributed by atoms with E-state index < -0.39 is 0 Å². The highest BCUT2D eigenvalue weighted by Gasteiger charge is 2.22. The van der Waals surface area contributed by atoms with Crippen molar-refractivity contribution in [1.82, 2.24) is 15.4 Å². The molecule has 160 valence electrons.